The summed E-state index contributed by atoms with van der Waals surface area (Å²) in [5.74, 6) is 0. The van der Waals surface area contributed by atoms with E-state index in [0.29, 0.717) is 6.54 Å². The molecule has 1 heterocycles. The van der Waals surface area contributed by atoms with E-state index in [1.165, 1.54) is 30.5 Å². The normalized spacial score (nSPS) is 22.6. The van der Waals surface area contributed by atoms with Crippen molar-refractivity contribution in [2.45, 2.75) is 44.6 Å². The minimum Gasteiger partial charge on any atom is -0.388 e. The number of nitrogens with zero attached hydrogens (tertiary/aromatic N) is 1. The summed E-state index contributed by atoms with van der Waals surface area (Å²) in [6.07, 6.45) is 6.42. The average molecular weight is 274 g/mol. The predicted octanol–water partition coefficient (Wildman–Crippen LogP) is 2.62. The van der Waals surface area contributed by atoms with Crippen molar-refractivity contribution in [2.24, 2.45) is 11.1 Å². The van der Waals surface area contributed by atoms with Gasteiger partial charge in [0.25, 0.3) is 0 Å². The van der Waals surface area contributed by atoms with Crippen LogP contribution in [0, 0.1) is 5.41 Å². The molecule has 1 atom stereocenters. The second-order valence-corrected chi connectivity index (χ2v) is 6.59. The van der Waals surface area contributed by atoms with Gasteiger partial charge in [0.2, 0.25) is 0 Å². The van der Waals surface area contributed by atoms with Crippen LogP contribution in [0.1, 0.15) is 49.3 Å². The van der Waals surface area contributed by atoms with Crippen LogP contribution in [0.5, 0.6) is 0 Å². The molecular formula is C17H26N2O. The van der Waals surface area contributed by atoms with Gasteiger partial charge >= 0.3 is 0 Å². The number of aryl methyl sites for hydroxylation is 1. The molecule has 3 N–H and O–H groups in total. The molecule has 1 aromatic carbocycles. The topological polar surface area (TPSA) is 49.5 Å². The van der Waals surface area contributed by atoms with Crippen LogP contribution in [-0.2, 0) is 6.42 Å². The van der Waals surface area contributed by atoms with Crippen molar-refractivity contribution in [3.63, 3.8) is 0 Å². The highest BCUT2D eigenvalue weighted by molar-refractivity contribution is 5.56. The monoisotopic (exact) mass is 274 g/mol. The second-order valence-electron chi connectivity index (χ2n) is 6.59. The van der Waals surface area contributed by atoms with E-state index in [4.69, 9.17) is 5.73 Å². The van der Waals surface area contributed by atoms with Crippen molar-refractivity contribution in [3.8, 4) is 0 Å². The number of aliphatic hydroxyl groups excluding tert-OH is 1. The van der Waals surface area contributed by atoms with Gasteiger partial charge in [-0.15, -0.1) is 0 Å². The second kappa shape index (κ2) is 5.38. The van der Waals surface area contributed by atoms with Crippen LogP contribution in [0.3, 0.4) is 0 Å². The summed E-state index contributed by atoms with van der Waals surface area (Å²) >= 11 is 0. The fourth-order valence-electron chi connectivity index (χ4n) is 4.00. The van der Waals surface area contributed by atoms with Crippen molar-refractivity contribution in [3.05, 3.63) is 29.3 Å². The molecule has 3 heteroatoms. The Morgan fingerprint density at radius 2 is 2.05 bits per heavy atom. The van der Waals surface area contributed by atoms with Gasteiger partial charge in [0, 0.05) is 31.2 Å². The van der Waals surface area contributed by atoms with Crippen molar-refractivity contribution in [2.75, 3.05) is 25.0 Å². The van der Waals surface area contributed by atoms with E-state index >= 15 is 0 Å². The number of rotatable bonds is 3. The van der Waals surface area contributed by atoms with Gasteiger partial charge < -0.3 is 15.7 Å². The fourth-order valence-corrected chi connectivity index (χ4v) is 4.00. The first-order valence-corrected chi connectivity index (χ1v) is 7.88. The molecule has 1 fully saturated rings. The summed E-state index contributed by atoms with van der Waals surface area (Å²) in [6.45, 7) is 1.72. The van der Waals surface area contributed by atoms with Crippen LogP contribution in [0.4, 0.5) is 5.69 Å². The highest BCUT2D eigenvalue weighted by Gasteiger charge is 2.40. The highest BCUT2D eigenvalue weighted by atomic mass is 16.3. The Hall–Kier alpha value is -1.06. The van der Waals surface area contributed by atoms with Crippen molar-refractivity contribution < 1.29 is 5.11 Å². The maximum Gasteiger partial charge on any atom is 0.0858 e. The van der Waals surface area contributed by atoms with Crippen molar-refractivity contribution in [1.29, 1.82) is 0 Å². The third-order valence-electron chi connectivity index (χ3n) is 5.36. The van der Waals surface area contributed by atoms with Gasteiger partial charge in [-0.2, -0.15) is 0 Å². The Labute approximate surface area is 121 Å². The minimum atomic E-state index is -0.410. The number of fused-ring (bicyclic) bond motifs is 1. The maximum atomic E-state index is 10.8. The zero-order valence-corrected chi connectivity index (χ0v) is 12.4. The number of nitrogens with two attached hydrogens (primary N) is 1. The van der Waals surface area contributed by atoms with Crippen LogP contribution in [0.25, 0.3) is 0 Å². The van der Waals surface area contributed by atoms with Gasteiger partial charge in [0.05, 0.1) is 6.10 Å². The highest BCUT2D eigenvalue weighted by Crippen LogP contribution is 2.47. The lowest BCUT2D eigenvalue weighted by molar-refractivity contribution is 0.0333. The number of hydrogen-bond acceptors (Lipinski definition) is 3. The van der Waals surface area contributed by atoms with Gasteiger partial charge in [-0.1, -0.05) is 25.0 Å². The first kappa shape index (κ1) is 13.9. The van der Waals surface area contributed by atoms with Gasteiger partial charge in [-0.25, -0.2) is 0 Å². The molecule has 1 unspecified atom stereocenters. The molecule has 0 radical (unpaired) electrons. The zero-order chi connectivity index (χ0) is 14.2. The lowest BCUT2D eigenvalue weighted by Gasteiger charge is -2.34. The molecule has 0 amide bonds. The Kier molecular flexibility index (Phi) is 3.74. The average Bonchev–Trinajstić information content (AvgIpc) is 2.96. The maximum absolute atomic E-state index is 10.8. The molecule has 1 aliphatic carbocycles. The summed E-state index contributed by atoms with van der Waals surface area (Å²) in [6, 6.07) is 6.48. The Bertz CT molecular complexity index is 480. The molecule has 1 aromatic rings. The number of benzene rings is 1. The number of aliphatic hydroxyl groups is 1. The third-order valence-corrected chi connectivity index (χ3v) is 5.36. The molecule has 3 rings (SSSR count). The van der Waals surface area contributed by atoms with E-state index in [-0.39, 0.29) is 5.41 Å². The lowest BCUT2D eigenvalue weighted by atomic mass is 9.77. The molecule has 110 valence electrons. The van der Waals surface area contributed by atoms with Gasteiger partial charge in [-0.3, -0.25) is 0 Å². The Morgan fingerprint density at radius 3 is 2.75 bits per heavy atom. The van der Waals surface area contributed by atoms with Gasteiger partial charge in [0.1, 0.15) is 0 Å². The number of hydrogen-bond donors (Lipinski definition) is 2. The van der Waals surface area contributed by atoms with Crippen molar-refractivity contribution >= 4 is 5.69 Å². The molecule has 20 heavy (non-hydrogen) atoms. The van der Waals surface area contributed by atoms with Crippen LogP contribution < -0.4 is 10.6 Å². The van der Waals surface area contributed by atoms with Crippen LogP contribution in [0.2, 0.25) is 0 Å². The molecule has 0 aromatic heterocycles. The van der Waals surface area contributed by atoms with E-state index < -0.39 is 6.10 Å². The first-order valence-electron chi connectivity index (χ1n) is 7.88. The quantitative estimate of drug-likeness (QED) is 0.891. The molecule has 3 nitrogen and oxygen atoms in total. The van der Waals surface area contributed by atoms with Crippen molar-refractivity contribution in [1.82, 2.24) is 0 Å². The lowest BCUT2D eigenvalue weighted by Crippen LogP contribution is -2.34. The molecule has 1 saturated carbocycles. The van der Waals surface area contributed by atoms with Gasteiger partial charge in [-0.05, 0) is 42.9 Å². The minimum absolute atomic E-state index is 0.0885. The number of anilines is 1. The van der Waals surface area contributed by atoms with Crippen LogP contribution in [-0.4, -0.2) is 25.2 Å². The van der Waals surface area contributed by atoms with E-state index in [1.807, 2.05) is 0 Å². The SMILES string of the molecule is CN1CCCc2cc(C(O)C3(CN)CCCC3)ccc21. The summed E-state index contributed by atoms with van der Waals surface area (Å²) in [4.78, 5) is 2.31. The molecule has 0 spiro atoms. The predicted molar refractivity (Wildman–Crippen MR) is 82.9 cm³/mol. The van der Waals surface area contributed by atoms with E-state index in [9.17, 15) is 5.11 Å². The Balaban J connectivity index is 1.90. The summed E-state index contributed by atoms with van der Waals surface area (Å²) in [5, 5.41) is 10.8. The molecule has 0 saturated heterocycles. The molecule has 1 aliphatic heterocycles. The van der Waals surface area contributed by atoms with Crippen LogP contribution in [0.15, 0.2) is 18.2 Å². The smallest absolute Gasteiger partial charge is 0.0858 e. The fraction of sp³-hybridized carbons (Fsp3) is 0.647. The van der Waals surface area contributed by atoms with Crippen LogP contribution >= 0.6 is 0 Å². The zero-order valence-electron chi connectivity index (χ0n) is 12.4. The van der Waals surface area contributed by atoms with E-state index in [2.05, 4.69) is 30.1 Å². The van der Waals surface area contributed by atoms with E-state index in [0.717, 1.165) is 31.4 Å². The third kappa shape index (κ3) is 2.23. The summed E-state index contributed by atoms with van der Waals surface area (Å²) in [7, 11) is 2.15. The molecular weight excluding hydrogens is 248 g/mol. The molecule has 2 aliphatic rings. The van der Waals surface area contributed by atoms with E-state index in [1.54, 1.807) is 0 Å². The van der Waals surface area contributed by atoms with Gasteiger partial charge in [0.15, 0.2) is 0 Å². The largest absolute Gasteiger partial charge is 0.388 e. The Morgan fingerprint density at radius 1 is 1.30 bits per heavy atom. The summed E-state index contributed by atoms with van der Waals surface area (Å²) < 4.78 is 0. The molecule has 0 bridgehead atoms. The standard InChI is InChI=1S/C17H26N2O/c1-19-10-4-5-13-11-14(6-7-15(13)19)16(20)17(12-18)8-2-3-9-17/h6-7,11,16,20H,2-5,8-10,12,18H2,1H3. The summed E-state index contributed by atoms with van der Waals surface area (Å²) in [5.41, 5.74) is 9.67. The first-order chi connectivity index (χ1) is 9.66.